The molecule has 0 atom stereocenters. The van der Waals surface area contributed by atoms with Gasteiger partial charge < -0.3 is 9.47 Å². The molecule has 0 aromatic heterocycles. The number of thioether (sulfide) groups is 1. The van der Waals surface area contributed by atoms with Crippen molar-refractivity contribution >= 4 is 52.2 Å². The van der Waals surface area contributed by atoms with Crippen LogP contribution in [-0.4, -0.2) is 29.2 Å². The smallest absolute Gasteiger partial charge is 0.293 e. The van der Waals surface area contributed by atoms with E-state index in [0.29, 0.717) is 26.6 Å². The topological polar surface area (TPSA) is 55.8 Å². The van der Waals surface area contributed by atoms with Crippen LogP contribution in [0.15, 0.2) is 65.6 Å². The SMILES string of the molecule is Cc1ccc(C(C)C)c(OCCN2C(=O)S/C(=C\c3ccc(OCc4c(Cl)cccc4Cl)cc3)C2=O)c1. The van der Waals surface area contributed by atoms with Crippen LogP contribution < -0.4 is 9.47 Å². The van der Waals surface area contributed by atoms with Gasteiger partial charge in [0.2, 0.25) is 0 Å². The van der Waals surface area contributed by atoms with Crippen molar-refractivity contribution in [3.63, 3.8) is 0 Å². The van der Waals surface area contributed by atoms with Gasteiger partial charge in [0.05, 0.1) is 11.4 Å². The number of nitrogens with zero attached hydrogens (tertiary/aromatic N) is 1. The summed E-state index contributed by atoms with van der Waals surface area (Å²) >= 11 is 13.3. The van der Waals surface area contributed by atoms with E-state index in [0.717, 1.165) is 39.8 Å². The van der Waals surface area contributed by atoms with Crippen LogP contribution in [-0.2, 0) is 11.4 Å². The van der Waals surface area contributed by atoms with Gasteiger partial charge in [-0.05, 0) is 77.7 Å². The van der Waals surface area contributed by atoms with Gasteiger partial charge in [-0.1, -0.05) is 67.4 Å². The molecule has 0 unspecified atom stereocenters. The summed E-state index contributed by atoms with van der Waals surface area (Å²) in [5.74, 6) is 1.41. The van der Waals surface area contributed by atoms with E-state index in [9.17, 15) is 9.59 Å². The fourth-order valence-corrected chi connectivity index (χ4v) is 5.19. The number of hydrogen-bond donors (Lipinski definition) is 0. The second-order valence-corrected chi connectivity index (χ2v) is 10.7. The van der Waals surface area contributed by atoms with Crippen LogP contribution in [0.25, 0.3) is 6.08 Å². The Morgan fingerprint density at radius 1 is 0.973 bits per heavy atom. The van der Waals surface area contributed by atoms with E-state index in [1.54, 1.807) is 36.4 Å². The van der Waals surface area contributed by atoms with Crippen LogP contribution in [0.1, 0.15) is 42.0 Å². The van der Waals surface area contributed by atoms with Crippen molar-refractivity contribution in [1.82, 2.24) is 4.90 Å². The molecule has 0 saturated carbocycles. The van der Waals surface area contributed by atoms with Crippen LogP contribution in [0, 0.1) is 6.92 Å². The summed E-state index contributed by atoms with van der Waals surface area (Å²) in [6.07, 6.45) is 1.71. The van der Waals surface area contributed by atoms with Crippen molar-refractivity contribution in [1.29, 1.82) is 0 Å². The molecule has 1 aliphatic heterocycles. The summed E-state index contributed by atoms with van der Waals surface area (Å²) in [7, 11) is 0. The highest BCUT2D eigenvalue weighted by Gasteiger charge is 2.34. The number of benzene rings is 3. The molecule has 192 valence electrons. The van der Waals surface area contributed by atoms with Gasteiger partial charge in [0, 0.05) is 15.6 Å². The highest BCUT2D eigenvalue weighted by atomic mass is 35.5. The average Bonchev–Trinajstić information content (AvgIpc) is 3.12. The molecule has 37 heavy (non-hydrogen) atoms. The van der Waals surface area contributed by atoms with Crippen LogP contribution >= 0.6 is 35.0 Å². The van der Waals surface area contributed by atoms with E-state index in [-0.39, 0.29) is 30.9 Å². The number of carbonyl (C=O) groups is 2. The molecule has 5 nitrogen and oxygen atoms in total. The van der Waals surface area contributed by atoms with Gasteiger partial charge in [-0.2, -0.15) is 0 Å². The predicted molar refractivity (Wildman–Crippen MR) is 151 cm³/mol. The first-order valence-corrected chi connectivity index (χ1v) is 13.4. The maximum atomic E-state index is 12.9. The fourth-order valence-electron chi connectivity index (χ4n) is 3.82. The van der Waals surface area contributed by atoms with Gasteiger partial charge in [-0.3, -0.25) is 14.5 Å². The zero-order valence-corrected chi connectivity index (χ0v) is 23.1. The van der Waals surface area contributed by atoms with E-state index < -0.39 is 0 Å². The molecule has 0 N–H and O–H groups in total. The van der Waals surface area contributed by atoms with Crippen molar-refractivity contribution in [3.05, 3.63) is 97.9 Å². The third-order valence-electron chi connectivity index (χ3n) is 5.86. The number of aryl methyl sites for hydroxylation is 1. The molecular formula is C29H27Cl2NO4S. The Morgan fingerprint density at radius 2 is 1.68 bits per heavy atom. The minimum absolute atomic E-state index is 0.185. The second kappa shape index (κ2) is 12.1. The molecule has 0 radical (unpaired) electrons. The zero-order chi connectivity index (χ0) is 26.5. The molecule has 1 heterocycles. The molecule has 0 aliphatic carbocycles. The number of carbonyl (C=O) groups excluding carboxylic acids is 2. The van der Waals surface area contributed by atoms with E-state index in [2.05, 4.69) is 26.0 Å². The summed E-state index contributed by atoms with van der Waals surface area (Å²) in [5.41, 5.74) is 3.70. The molecule has 0 spiro atoms. The number of hydrogen-bond acceptors (Lipinski definition) is 5. The average molecular weight is 557 g/mol. The fraction of sp³-hybridized carbons (Fsp3) is 0.241. The van der Waals surface area contributed by atoms with E-state index in [1.807, 2.05) is 25.1 Å². The number of imide groups is 1. The minimum atomic E-state index is -0.319. The maximum absolute atomic E-state index is 12.9. The lowest BCUT2D eigenvalue weighted by Crippen LogP contribution is -2.32. The van der Waals surface area contributed by atoms with Crippen molar-refractivity contribution in [2.75, 3.05) is 13.2 Å². The Morgan fingerprint density at radius 3 is 2.35 bits per heavy atom. The van der Waals surface area contributed by atoms with Crippen LogP contribution in [0.5, 0.6) is 11.5 Å². The molecular weight excluding hydrogens is 529 g/mol. The van der Waals surface area contributed by atoms with E-state index in [4.69, 9.17) is 32.7 Å². The lowest BCUT2D eigenvalue weighted by atomic mass is 10.0. The highest BCUT2D eigenvalue weighted by molar-refractivity contribution is 8.18. The first kappa shape index (κ1) is 27.1. The highest BCUT2D eigenvalue weighted by Crippen LogP contribution is 2.33. The Bertz CT molecular complexity index is 1320. The molecule has 4 rings (SSSR count). The Labute approximate surface area is 231 Å². The van der Waals surface area contributed by atoms with Gasteiger partial charge in [0.25, 0.3) is 11.1 Å². The van der Waals surface area contributed by atoms with Crippen molar-refractivity contribution in [3.8, 4) is 11.5 Å². The molecule has 1 saturated heterocycles. The van der Waals surface area contributed by atoms with Gasteiger partial charge in [-0.15, -0.1) is 0 Å². The molecule has 3 aromatic rings. The van der Waals surface area contributed by atoms with Gasteiger partial charge in [-0.25, -0.2) is 0 Å². The summed E-state index contributed by atoms with van der Waals surface area (Å²) < 4.78 is 11.8. The third-order valence-corrected chi connectivity index (χ3v) is 7.48. The van der Waals surface area contributed by atoms with Gasteiger partial charge >= 0.3 is 0 Å². The minimum Gasteiger partial charge on any atom is -0.491 e. The first-order valence-electron chi connectivity index (χ1n) is 11.9. The molecule has 3 aromatic carbocycles. The second-order valence-electron chi connectivity index (χ2n) is 8.94. The number of halogens is 2. The normalized spacial score (nSPS) is 14.6. The lowest BCUT2D eigenvalue weighted by Gasteiger charge is -2.17. The van der Waals surface area contributed by atoms with Crippen LogP contribution in [0.4, 0.5) is 4.79 Å². The quantitative estimate of drug-likeness (QED) is 0.249. The number of rotatable bonds is 9. The predicted octanol–water partition coefficient (Wildman–Crippen LogP) is 8.12. The standard InChI is InChI=1S/C29H27Cl2NO4S/c1-18(2)22-12-7-19(3)15-26(22)35-14-13-32-28(33)27(37-29(32)34)16-20-8-10-21(11-9-20)36-17-23-24(30)5-4-6-25(23)31/h4-12,15-16,18H,13-14,17H2,1-3H3/b27-16-. The molecule has 8 heteroatoms. The van der Waals surface area contributed by atoms with Crippen molar-refractivity contribution < 1.29 is 19.1 Å². The summed E-state index contributed by atoms with van der Waals surface area (Å²) in [6.45, 7) is 6.87. The van der Waals surface area contributed by atoms with Crippen molar-refractivity contribution in [2.45, 2.75) is 33.3 Å². The monoisotopic (exact) mass is 555 g/mol. The first-order chi connectivity index (χ1) is 17.7. The van der Waals surface area contributed by atoms with Gasteiger partial charge in [0.15, 0.2) is 0 Å². The largest absolute Gasteiger partial charge is 0.491 e. The summed E-state index contributed by atoms with van der Waals surface area (Å²) in [4.78, 5) is 27.0. The molecule has 2 amide bonds. The molecule has 1 fully saturated rings. The van der Waals surface area contributed by atoms with Gasteiger partial charge in [0.1, 0.15) is 24.7 Å². The molecule has 1 aliphatic rings. The third kappa shape index (κ3) is 6.69. The number of amides is 2. The zero-order valence-electron chi connectivity index (χ0n) is 20.8. The Hall–Kier alpha value is -2.93. The van der Waals surface area contributed by atoms with Crippen LogP contribution in [0.3, 0.4) is 0 Å². The number of ether oxygens (including phenoxy) is 2. The van der Waals surface area contributed by atoms with Crippen molar-refractivity contribution in [2.24, 2.45) is 0 Å². The van der Waals surface area contributed by atoms with Crippen LogP contribution in [0.2, 0.25) is 10.0 Å². The Balaban J connectivity index is 1.35. The summed E-state index contributed by atoms with van der Waals surface area (Å²) in [6, 6.07) is 18.6. The maximum Gasteiger partial charge on any atom is 0.293 e. The van der Waals surface area contributed by atoms with E-state index >= 15 is 0 Å². The summed E-state index contributed by atoms with van der Waals surface area (Å²) in [5, 5.41) is 0.790. The van der Waals surface area contributed by atoms with E-state index in [1.165, 1.54) is 4.90 Å². The Kier molecular flexibility index (Phi) is 8.85. The lowest BCUT2D eigenvalue weighted by molar-refractivity contribution is -0.123. The molecule has 0 bridgehead atoms.